The van der Waals surface area contributed by atoms with E-state index in [1.807, 2.05) is 0 Å². The van der Waals surface area contributed by atoms with E-state index in [9.17, 15) is 4.79 Å². The number of nitrogens with one attached hydrogen (secondary N) is 1. The van der Waals surface area contributed by atoms with Gasteiger partial charge in [-0.2, -0.15) is 9.50 Å². The summed E-state index contributed by atoms with van der Waals surface area (Å²) in [5.74, 6) is 0.302. The molecule has 2 heterocycles. The van der Waals surface area contributed by atoms with E-state index < -0.39 is 5.69 Å². The summed E-state index contributed by atoms with van der Waals surface area (Å²) in [5, 5.41) is 14.1. The number of nitrogens with zero attached hydrogens (tertiary/aromatic N) is 3. The van der Waals surface area contributed by atoms with E-state index in [0.717, 1.165) is 4.52 Å². The predicted octanol–water partition coefficient (Wildman–Crippen LogP) is 0.716. The third kappa shape index (κ3) is 1.49. The number of halogens is 1. The zero-order valence-corrected chi connectivity index (χ0v) is 9.27. The summed E-state index contributed by atoms with van der Waals surface area (Å²) < 4.78 is 1.12. The van der Waals surface area contributed by atoms with Crippen molar-refractivity contribution in [1.29, 1.82) is 0 Å². The van der Waals surface area contributed by atoms with Gasteiger partial charge in [-0.05, 0) is 18.2 Å². The van der Waals surface area contributed by atoms with Gasteiger partial charge in [0.1, 0.15) is 12.3 Å². The predicted molar refractivity (Wildman–Crippen MR) is 62.0 cm³/mol. The average Bonchev–Trinajstić information content (AvgIpc) is 2.75. The van der Waals surface area contributed by atoms with Crippen molar-refractivity contribution in [3.8, 4) is 0 Å². The van der Waals surface area contributed by atoms with Gasteiger partial charge in [-0.25, -0.2) is 4.79 Å². The molecule has 86 valence electrons. The second kappa shape index (κ2) is 3.54. The van der Waals surface area contributed by atoms with Crippen molar-refractivity contribution in [2.45, 2.75) is 6.61 Å². The number of aliphatic hydroxyl groups excluding tert-OH is 1. The Hall–Kier alpha value is -1.92. The first kappa shape index (κ1) is 10.2. The summed E-state index contributed by atoms with van der Waals surface area (Å²) in [5.41, 5.74) is 0.518. The second-order valence-corrected chi connectivity index (χ2v) is 3.98. The average molecular weight is 251 g/mol. The fraction of sp³-hybridized carbons (Fsp3) is 0.100. The quantitative estimate of drug-likeness (QED) is 0.667. The number of fused-ring (bicyclic) bond motifs is 3. The maximum Gasteiger partial charge on any atom is 0.370 e. The highest BCUT2D eigenvalue weighted by molar-refractivity contribution is 6.31. The van der Waals surface area contributed by atoms with Gasteiger partial charge in [-0.3, -0.25) is 0 Å². The van der Waals surface area contributed by atoms with E-state index in [1.165, 1.54) is 0 Å². The summed E-state index contributed by atoms with van der Waals surface area (Å²) in [7, 11) is 0. The molecule has 2 N–H and O–H groups in total. The first-order valence-corrected chi connectivity index (χ1v) is 5.25. The van der Waals surface area contributed by atoms with Gasteiger partial charge >= 0.3 is 5.69 Å². The molecule has 0 spiro atoms. The van der Waals surface area contributed by atoms with Crippen LogP contribution in [0.1, 0.15) is 5.82 Å². The lowest BCUT2D eigenvalue weighted by molar-refractivity contribution is 0.271. The van der Waals surface area contributed by atoms with Gasteiger partial charge in [-0.1, -0.05) is 11.6 Å². The summed E-state index contributed by atoms with van der Waals surface area (Å²) in [6, 6.07) is 5.02. The number of hydrogen-bond acceptors (Lipinski definition) is 4. The monoisotopic (exact) mass is 250 g/mol. The Balaban J connectivity index is 2.56. The van der Waals surface area contributed by atoms with Crippen LogP contribution in [0.5, 0.6) is 0 Å². The maximum absolute atomic E-state index is 11.7. The molecule has 0 atom stereocenters. The lowest BCUT2D eigenvalue weighted by Crippen LogP contribution is -2.17. The molecule has 3 aromatic rings. The van der Waals surface area contributed by atoms with Crippen LogP contribution in [0.2, 0.25) is 5.02 Å². The normalized spacial score (nSPS) is 11.4. The molecule has 0 aliphatic rings. The first-order valence-electron chi connectivity index (χ1n) is 4.87. The molecule has 1 aromatic carbocycles. The zero-order chi connectivity index (χ0) is 12.0. The smallest absolute Gasteiger partial charge is 0.370 e. The van der Waals surface area contributed by atoms with Crippen molar-refractivity contribution in [1.82, 2.24) is 19.6 Å². The lowest BCUT2D eigenvalue weighted by atomic mass is 10.2. The largest absolute Gasteiger partial charge is 0.388 e. The van der Waals surface area contributed by atoms with Crippen molar-refractivity contribution < 1.29 is 5.11 Å². The van der Waals surface area contributed by atoms with Gasteiger partial charge in [0.05, 0.1) is 5.52 Å². The number of H-pyrrole nitrogens is 1. The van der Waals surface area contributed by atoms with Crippen LogP contribution < -0.4 is 5.69 Å². The van der Waals surface area contributed by atoms with Gasteiger partial charge in [-0.15, -0.1) is 5.10 Å². The molecule has 3 rings (SSSR count). The third-order valence-corrected chi connectivity index (χ3v) is 2.69. The number of aromatic nitrogens is 4. The molecule has 0 amide bonds. The minimum atomic E-state index is -0.495. The third-order valence-electron chi connectivity index (χ3n) is 2.46. The standard InChI is InChI=1S/C10H7ClN4O2/c11-5-1-2-7-6(3-5)9-13-8(4-16)14-15(9)10(17)12-7/h1-3,16H,4H2,(H,13,14). The molecule has 0 bridgehead atoms. The highest BCUT2D eigenvalue weighted by atomic mass is 35.5. The van der Waals surface area contributed by atoms with Crippen molar-refractivity contribution in [2.75, 3.05) is 0 Å². The molecule has 7 heteroatoms. The van der Waals surface area contributed by atoms with Crippen LogP contribution in [0.4, 0.5) is 0 Å². The summed E-state index contributed by atoms with van der Waals surface area (Å²) in [6.45, 7) is -0.275. The molecule has 6 nitrogen and oxygen atoms in total. The van der Waals surface area contributed by atoms with E-state index in [-0.39, 0.29) is 6.61 Å². The molecule has 2 aromatic heterocycles. The van der Waals surface area contributed by atoms with Crippen molar-refractivity contribution >= 4 is 28.2 Å². The van der Waals surface area contributed by atoms with Crippen LogP contribution in [0, 0.1) is 0 Å². The Morgan fingerprint density at radius 1 is 1.47 bits per heavy atom. The number of benzene rings is 1. The Bertz CT molecular complexity index is 777. The van der Waals surface area contributed by atoms with Crippen LogP contribution in [0.25, 0.3) is 16.6 Å². The van der Waals surface area contributed by atoms with Crippen LogP contribution >= 0.6 is 11.6 Å². The zero-order valence-electron chi connectivity index (χ0n) is 8.51. The van der Waals surface area contributed by atoms with Crippen molar-refractivity contribution in [2.24, 2.45) is 0 Å². The molecule has 0 aliphatic heterocycles. The van der Waals surface area contributed by atoms with Crippen LogP contribution in [0.15, 0.2) is 23.0 Å². The molecule has 0 fully saturated rings. The Morgan fingerprint density at radius 3 is 3.06 bits per heavy atom. The lowest BCUT2D eigenvalue weighted by Gasteiger charge is -1.98. The maximum atomic E-state index is 11.7. The second-order valence-electron chi connectivity index (χ2n) is 3.55. The van der Waals surface area contributed by atoms with Crippen molar-refractivity contribution in [3.05, 3.63) is 39.5 Å². The van der Waals surface area contributed by atoms with Gasteiger partial charge in [0, 0.05) is 10.4 Å². The minimum Gasteiger partial charge on any atom is -0.388 e. The Kier molecular flexibility index (Phi) is 2.13. The molecule has 17 heavy (non-hydrogen) atoms. The van der Waals surface area contributed by atoms with Crippen molar-refractivity contribution in [3.63, 3.8) is 0 Å². The molecule has 0 radical (unpaired) electrons. The molecule has 0 saturated carbocycles. The fourth-order valence-electron chi connectivity index (χ4n) is 1.72. The topological polar surface area (TPSA) is 83.3 Å². The van der Waals surface area contributed by atoms with E-state index in [2.05, 4.69) is 15.1 Å². The van der Waals surface area contributed by atoms with E-state index in [0.29, 0.717) is 27.4 Å². The first-order chi connectivity index (χ1) is 8.19. The van der Waals surface area contributed by atoms with Crippen LogP contribution in [0.3, 0.4) is 0 Å². The molecule has 0 saturated heterocycles. The highest BCUT2D eigenvalue weighted by Crippen LogP contribution is 2.19. The highest BCUT2D eigenvalue weighted by Gasteiger charge is 2.09. The Labute approximate surface area is 99.5 Å². The van der Waals surface area contributed by atoms with Crippen LogP contribution in [-0.2, 0) is 6.61 Å². The van der Waals surface area contributed by atoms with Gasteiger partial charge < -0.3 is 10.1 Å². The molecular formula is C10H7ClN4O2. The molecule has 0 aliphatic carbocycles. The fourth-order valence-corrected chi connectivity index (χ4v) is 1.89. The Morgan fingerprint density at radius 2 is 2.29 bits per heavy atom. The number of aromatic amines is 1. The van der Waals surface area contributed by atoms with Gasteiger partial charge in [0.15, 0.2) is 5.82 Å². The van der Waals surface area contributed by atoms with Gasteiger partial charge in [0.25, 0.3) is 0 Å². The molecule has 0 unspecified atom stereocenters. The van der Waals surface area contributed by atoms with Crippen LogP contribution in [-0.4, -0.2) is 24.7 Å². The van der Waals surface area contributed by atoms with E-state index in [1.54, 1.807) is 18.2 Å². The number of hydrogen-bond donors (Lipinski definition) is 2. The van der Waals surface area contributed by atoms with E-state index in [4.69, 9.17) is 16.7 Å². The van der Waals surface area contributed by atoms with E-state index >= 15 is 0 Å². The SMILES string of the molecule is O=c1nc2ccc(Cl)cc2c2[nH]c(CO)nn12. The number of aliphatic hydroxyl groups is 1. The summed E-state index contributed by atoms with van der Waals surface area (Å²) in [6.07, 6.45) is 0. The number of rotatable bonds is 1. The summed E-state index contributed by atoms with van der Waals surface area (Å²) >= 11 is 5.90. The molecular weight excluding hydrogens is 244 g/mol. The minimum absolute atomic E-state index is 0.275. The van der Waals surface area contributed by atoms with Gasteiger partial charge in [0.2, 0.25) is 0 Å². The summed E-state index contributed by atoms with van der Waals surface area (Å²) in [4.78, 5) is 18.4.